The normalized spacial score (nSPS) is 10.1. The van der Waals surface area contributed by atoms with Crippen LogP contribution in [0.5, 0.6) is 5.75 Å². The molecule has 5 nitrogen and oxygen atoms in total. The van der Waals surface area contributed by atoms with Crippen LogP contribution in [0, 0.1) is 5.82 Å². The summed E-state index contributed by atoms with van der Waals surface area (Å²) < 4.78 is 18.5. The highest BCUT2D eigenvalue weighted by Crippen LogP contribution is 2.10. The molecule has 2 N–H and O–H groups in total. The van der Waals surface area contributed by atoms with Gasteiger partial charge in [0.2, 0.25) is 0 Å². The van der Waals surface area contributed by atoms with Crippen LogP contribution in [0.4, 0.5) is 4.39 Å². The van der Waals surface area contributed by atoms with Gasteiger partial charge in [0.25, 0.3) is 0 Å². The second kappa shape index (κ2) is 8.67. The fourth-order valence-electron chi connectivity index (χ4n) is 2.10. The van der Waals surface area contributed by atoms with E-state index in [-0.39, 0.29) is 18.9 Å². The lowest BCUT2D eigenvalue weighted by Crippen LogP contribution is -2.40. The molecule has 2 aromatic carbocycles. The van der Waals surface area contributed by atoms with Crippen molar-refractivity contribution in [2.24, 2.45) is 0 Å². The van der Waals surface area contributed by atoms with Gasteiger partial charge in [0.1, 0.15) is 11.6 Å². The Hall–Kier alpha value is -2.89. The second-order valence-electron chi connectivity index (χ2n) is 5.13. The van der Waals surface area contributed by atoms with Gasteiger partial charge < -0.3 is 15.4 Å². The molecule has 2 rings (SSSR count). The van der Waals surface area contributed by atoms with Crippen molar-refractivity contribution in [1.29, 1.82) is 0 Å². The Morgan fingerprint density at radius 3 is 2.33 bits per heavy atom. The fourth-order valence-corrected chi connectivity index (χ4v) is 2.10. The first kappa shape index (κ1) is 17.5. The molecule has 0 aliphatic carbocycles. The Balaban J connectivity index is 1.73. The van der Waals surface area contributed by atoms with Crippen molar-refractivity contribution in [3.05, 3.63) is 65.5 Å². The minimum absolute atomic E-state index is 0.190. The van der Waals surface area contributed by atoms with Gasteiger partial charge >= 0.3 is 11.8 Å². The summed E-state index contributed by atoms with van der Waals surface area (Å²) in [6.07, 6.45) is 0.324. The molecule has 0 heterocycles. The van der Waals surface area contributed by atoms with E-state index >= 15 is 0 Å². The van der Waals surface area contributed by atoms with Crippen molar-refractivity contribution in [3.8, 4) is 5.75 Å². The zero-order valence-corrected chi connectivity index (χ0v) is 13.3. The molecule has 0 radical (unpaired) electrons. The summed E-state index contributed by atoms with van der Waals surface area (Å²) in [7, 11) is 1.57. The van der Waals surface area contributed by atoms with Crippen LogP contribution >= 0.6 is 0 Å². The molecule has 0 aromatic heterocycles. The molecule has 0 aliphatic heterocycles. The summed E-state index contributed by atoms with van der Waals surface area (Å²) in [5.41, 5.74) is 1.35. The molecule has 24 heavy (non-hydrogen) atoms. The van der Waals surface area contributed by atoms with Gasteiger partial charge in [-0.25, -0.2) is 4.39 Å². The van der Waals surface area contributed by atoms with Gasteiger partial charge in [-0.15, -0.1) is 0 Å². The van der Waals surface area contributed by atoms with Gasteiger partial charge in [0, 0.05) is 13.1 Å². The largest absolute Gasteiger partial charge is 0.497 e. The molecule has 126 valence electrons. The van der Waals surface area contributed by atoms with Crippen molar-refractivity contribution in [2.45, 2.75) is 13.0 Å². The molecule has 0 fully saturated rings. The number of carbonyl (C=O) groups is 2. The van der Waals surface area contributed by atoms with Gasteiger partial charge in [-0.3, -0.25) is 9.59 Å². The number of hydrogen-bond donors (Lipinski definition) is 2. The van der Waals surface area contributed by atoms with Crippen molar-refractivity contribution < 1.29 is 18.7 Å². The summed E-state index contributed by atoms with van der Waals surface area (Å²) in [5.74, 6) is -1.06. The highest BCUT2D eigenvalue weighted by Gasteiger charge is 2.12. The Kier molecular flexibility index (Phi) is 6.31. The van der Waals surface area contributed by atoms with Gasteiger partial charge in [0.15, 0.2) is 0 Å². The average molecular weight is 330 g/mol. The fraction of sp³-hybridized carbons (Fsp3) is 0.222. The van der Waals surface area contributed by atoms with Crippen molar-refractivity contribution in [2.75, 3.05) is 13.7 Å². The highest BCUT2D eigenvalue weighted by atomic mass is 19.1. The molecule has 0 aliphatic rings. The van der Waals surface area contributed by atoms with E-state index in [2.05, 4.69) is 10.6 Å². The van der Waals surface area contributed by atoms with Gasteiger partial charge in [-0.1, -0.05) is 30.3 Å². The van der Waals surface area contributed by atoms with Gasteiger partial charge in [-0.05, 0) is 35.7 Å². The number of methoxy groups -OCH3 is 1. The standard InChI is InChI=1S/C18H19FN2O3/c1-24-15-8-6-13(7-9-15)12-21-18(23)17(22)20-11-10-14-4-2-3-5-16(14)19/h2-9H,10-12H2,1H3,(H,20,22)(H,21,23). The third-order valence-corrected chi connectivity index (χ3v) is 3.46. The monoisotopic (exact) mass is 330 g/mol. The first-order valence-corrected chi connectivity index (χ1v) is 7.52. The predicted molar refractivity (Wildman–Crippen MR) is 88.0 cm³/mol. The Bertz CT molecular complexity index is 702. The molecule has 0 saturated carbocycles. The molecule has 0 atom stereocenters. The lowest BCUT2D eigenvalue weighted by Gasteiger charge is -2.08. The van der Waals surface area contributed by atoms with E-state index in [9.17, 15) is 14.0 Å². The first-order valence-electron chi connectivity index (χ1n) is 7.52. The van der Waals surface area contributed by atoms with Crippen LogP contribution in [-0.2, 0) is 22.6 Å². The summed E-state index contributed by atoms with van der Waals surface area (Å²) in [6, 6.07) is 13.5. The molecule has 2 aromatic rings. The summed E-state index contributed by atoms with van der Waals surface area (Å²) in [5, 5.41) is 5.01. The van der Waals surface area contributed by atoms with E-state index in [0.717, 1.165) is 11.3 Å². The maximum atomic E-state index is 13.4. The van der Waals surface area contributed by atoms with Crippen molar-refractivity contribution >= 4 is 11.8 Å². The van der Waals surface area contributed by atoms with E-state index in [1.807, 2.05) is 0 Å². The molecule has 0 bridgehead atoms. The number of halogens is 1. The van der Waals surface area contributed by atoms with E-state index in [4.69, 9.17) is 4.74 Å². The van der Waals surface area contributed by atoms with E-state index in [1.165, 1.54) is 6.07 Å². The Morgan fingerprint density at radius 2 is 1.67 bits per heavy atom. The minimum Gasteiger partial charge on any atom is -0.497 e. The van der Waals surface area contributed by atoms with E-state index < -0.39 is 11.8 Å². The van der Waals surface area contributed by atoms with Crippen LogP contribution < -0.4 is 15.4 Å². The lowest BCUT2D eigenvalue weighted by molar-refractivity contribution is -0.139. The topological polar surface area (TPSA) is 67.4 Å². The maximum Gasteiger partial charge on any atom is 0.309 e. The predicted octanol–water partition coefficient (Wildman–Crippen LogP) is 1.81. The summed E-state index contributed by atoms with van der Waals surface area (Å²) in [6.45, 7) is 0.430. The van der Waals surface area contributed by atoms with Crippen LogP contribution in [0.2, 0.25) is 0 Å². The van der Waals surface area contributed by atoms with Gasteiger partial charge in [-0.2, -0.15) is 0 Å². The SMILES string of the molecule is COc1ccc(CNC(=O)C(=O)NCCc2ccccc2F)cc1. The number of ether oxygens (including phenoxy) is 1. The highest BCUT2D eigenvalue weighted by molar-refractivity contribution is 6.35. The molecular formula is C18H19FN2O3. The molecular weight excluding hydrogens is 311 g/mol. The van der Waals surface area contributed by atoms with Crippen LogP contribution in [0.1, 0.15) is 11.1 Å². The number of nitrogens with one attached hydrogen (secondary N) is 2. The van der Waals surface area contributed by atoms with Crippen LogP contribution in [0.3, 0.4) is 0 Å². The zero-order chi connectivity index (χ0) is 17.4. The van der Waals surface area contributed by atoms with Crippen LogP contribution in [0.15, 0.2) is 48.5 Å². The van der Waals surface area contributed by atoms with Crippen LogP contribution in [0.25, 0.3) is 0 Å². The van der Waals surface area contributed by atoms with Gasteiger partial charge in [0.05, 0.1) is 7.11 Å². The third-order valence-electron chi connectivity index (χ3n) is 3.46. The molecule has 2 amide bonds. The molecule has 0 saturated heterocycles. The second-order valence-corrected chi connectivity index (χ2v) is 5.13. The third kappa shape index (κ3) is 5.08. The Labute approximate surface area is 139 Å². The zero-order valence-electron chi connectivity index (χ0n) is 13.3. The summed E-state index contributed by atoms with van der Waals surface area (Å²) >= 11 is 0. The number of rotatable bonds is 6. The summed E-state index contributed by atoms with van der Waals surface area (Å²) in [4.78, 5) is 23.4. The van der Waals surface area contributed by atoms with E-state index in [0.29, 0.717) is 12.0 Å². The average Bonchev–Trinajstić information content (AvgIpc) is 2.61. The maximum absolute atomic E-state index is 13.4. The number of amides is 2. The number of hydrogen-bond acceptors (Lipinski definition) is 3. The molecule has 6 heteroatoms. The Morgan fingerprint density at radius 1 is 1.00 bits per heavy atom. The minimum atomic E-state index is -0.736. The molecule has 0 spiro atoms. The van der Waals surface area contributed by atoms with Crippen molar-refractivity contribution in [1.82, 2.24) is 10.6 Å². The number of benzene rings is 2. The van der Waals surface area contributed by atoms with Crippen molar-refractivity contribution in [3.63, 3.8) is 0 Å². The smallest absolute Gasteiger partial charge is 0.309 e. The lowest BCUT2D eigenvalue weighted by atomic mass is 10.1. The molecule has 0 unspecified atom stereocenters. The van der Waals surface area contributed by atoms with Crippen LogP contribution in [-0.4, -0.2) is 25.5 Å². The van der Waals surface area contributed by atoms with E-state index in [1.54, 1.807) is 49.6 Å². The first-order chi connectivity index (χ1) is 11.6. The quantitative estimate of drug-likeness (QED) is 0.794. The number of carbonyl (C=O) groups excluding carboxylic acids is 2.